The molecule has 0 saturated carbocycles. The van der Waals surface area contributed by atoms with Gasteiger partial charge in [-0.05, 0) is 13.8 Å². The summed E-state index contributed by atoms with van der Waals surface area (Å²) in [6.45, 7) is 5.01. The molecule has 0 atom stereocenters. The molecule has 0 fully saturated rings. The van der Waals surface area contributed by atoms with Crippen molar-refractivity contribution < 1.29 is 4.74 Å². The Labute approximate surface area is 76.6 Å². The Morgan fingerprint density at radius 3 is 2.92 bits per heavy atom. The predicted octanol–water partition coefficient (Wildman–Crippen LogP) is 1.40. The Kier molecular flexibility index (Phi) is 3.20. The summed E-state index contributed by atoms with van der Waals surface area (Å²) in [5.41, 5.74) is 5.48. The second kappa shape index (κ2) is 3.98. The smallest absolute Gasteiger partial charge is 0.118 e. The van der Waals surface area contributed by atoms with Crippen molar-refractivity contribution in [2.45, 2.75) is 26.0 Å². The van der Waals surface area contributed by atoms with E-state index in [9.17, 15) is 0 Å². The van der Waals surface area contributed by atoms with E-state index in [4.69, 9.17) is 10.5 Å². The molecule has 0 spiro atoms. The van der Waals surface area contributed by atoms with Gasteiger partial charge in [0.2, 0.25) is 0 Å². The highest BCUT2D eigenvalue weighted by Crippen LogP contribution is 2.06. The van der Waals surface area contributed by atoms with Gasteiger partial charge in [0.1, 0.15) is 5.01 Å². The van der Waals surface area contributed by atoms with Crippen LogP contribution in [0.4, 0.5) is 0 Å². The molecule has 3 nitrogen and oxygen atoms in total. The van der Waals surface area contributed by atoms with E-state index in [2.05, 4.69) is 4.98 Å². The van der Waals surface area contributed by atoms with Gasteiger partial charge in [-0.1, -0.05) is 0 Å². The van der Waals surface area contributed by atoms with Crippen molar-refractivity contribution in [2.75, 3.05) is 6.61 Å². The number of hydrogen-bond donors (Lipinski definition) is 1. The lowest BCUT2D eigenvalue weighted by molar-refractivity contribution is 0.0849. The summed E-state index contributed by atoms with van der Waals surface area (Å²) in [5.74, 6) is 0. The maximum absolute atomic E-state index is 5.73. The van der Waals surface area contributed by atoms with Gasteiger partial charge in [-0.25, -0.2) is 4.98 Å². The van der Waals surface area contributed by atoms with Crippen molar-refractivity contribution in [3.8, 4) is 0 Å². The molecule has 1 aromatic heterocycles. The molecule has 1 aromatic rings. The highest BCUT2D eigenvalue weighted by Gasteiger charge is 2.10. The van der Waals surface area contributed by atoms with E-state index < -0.39 is 0 Å². The van der Waals surface area contributed by atoms with Gasteiger partial charge in [0.05, 0.1) is 13.2 Å². The first kappa shape index (κ1) is 9.64. The fourth-order valence-corrected chi connectivity index (χ4v) is 1.28. The Hall–Kier alpha value is -0.450. The number of nitrogens with two attached hydrogens (primary N) is 1. The molecule has 2 N–H and O–H groups in total. The summed E-state index contributed by atoms with van der Waals surface area (Å²) in [4.78, 5) is 4.09. The molecule has 0 bridgehead atoms. The predicted molar refractivity (Wildman–Crippen MR) is 50.0 cm³/mol. The van der Waals surface area contributed by atoms with Gasteiger partial charge in [-0.3, -0.25) is 0 Å². The summed E-state index contributed by atoms with van der Waals surface area (Å²) in [5, 5.41) is 2.94. The van der Waals surface area contributed by atoms with Crippen molar-refractivity contribution in [1.82, 2.24) is 4.98 Å². The quantitative estimate of drug-likeness (QED) is 0.773. The third-order valence-corrected chi connectivity index (χ3v) is 1.94. The molecule has 12 heavy (non-hydrogen) atoms. The van der Waals surface area contributed by atoms with E-state index in [1.165, 1.54) is 0 Å². The Bertz CT molecular complexity index is 215. The number of ether oxygens (including phenoxy) is 1. The van der Waals surface area contributed by atoms with Gasteiger partial charge < -0.3 is 10.5 Å². The minimum atomic E-state index is -0.253. The monoisotopic (exact) mass is 186 g/mol. The first-order valence-corrected chi connectivity index (χ1v) is 4.71. The molecule has 0 radical (unpaired) electrons. The van der Waals surface area contributed by atoms with Crippen LogP contribution in [-0.2, 0) is 11.3 Å². The molecular weight excluding hydrogens is 172 g/mol. The Balaban J connectivity index is 2.20. The van der Waals surface area contributed by atoms with E-state index in [1.807, 2.05) is 19.2 Å². The number of hydrogen-bond acceptors (Lipinski definition) is 4. The van der Waals surface area contributed by atoms with Crippen LogP contribution < -0.4 is 5.73 Å². The van der Waals surface area contributed by atoms with Crippen LogP contribution in [0.1, 0.15) is 18.9 Å². The van der Waals surface area contributed by atoms with E-state index in [-0.39, 0.29) is 5.54 Å². The lowest BCUT2D eigenvalue weighted by Gasteiger charge is -2.17. The largest absolute Gasteiger partial charge is 0.372 e. The fourth-order valence-electron chi connectivity index (χ4n) is 0.726. The minimum absolute atomic E-state index is 0.253. The average molecular weight is 186 g/mol. The van der Waals surface area contributed by atoms with Crippen LogP contribution in [0.25, 0.3) is 0 Å². The number of thiazole rings is 1. The van der Waals surface area contributed by atoms with E-state index in [0.29, 0.717) is 13.2 Å². The Morgan fingerprint density at radius 2 is 2.42 bits per heavy atom. The summed E-state index contributed by atoms with van der Waals surface area (Å²) >= 11 is 1.60. The van der Waals surface area contributed by atoms with Gasteiger partial charge >= 0.3 is 0 Å². The minimum Gasteiger partial charge on any atom is -0.372 e. The second-order valence-electron chi connectivity index (χ2n) is 3.41. The molecule has 4 heteroatoms. The third-order valence-electron chi connectivity index (χ3n) is 1.18. The van der Waals surface area contributed by atoms with E-state index >= 15 is 0 Å². The van der Waals surface area contributed by atoms with Crippen LogP contribution in [0, 0.1) is 0 Å². The van der Waals surface area contributed by atoms with Crippen molar-refractivity contribution in [2.24, 2.45) is 5.73 Å². The van der Waals surface area contributed by atoms with Gasteiger partial charge in [0.25, 0.3) is 0 Å². The molecule has 0 aliphatic carbocycles. The zero-order valence-electron chi connectivity index (χ0n) is 7.41. The Morgan fingerprint density at radius 1 is 1.67 bits per heavy atom. The molecule has 0 unspecified atom stereocenters. The van der Waals surface area contributed by atoms with Crippen LogP contribution in [0.5, 0.6) is 0 Å². The molecule has 68 valence electrons. The van der Waals surface area contributed by atoms with Gasteiger partial charge in [-0.2, -0.15) is 0 Å². The lowest BCUT2D eigenvalue weighted by Crippen LogP contribution is -2.37. The van der Waals surface area contributed by atoms with Crippen LogP contribution in [0.15, 0.2) is 11.6 Å². The number of rotatable bonds is 4. The summed E-state index contributed by atoms with van der Waals surface area (Å²) in [6, 6.07) is 0. The highest BCUT2D eigenvalue weighted by atomic mass is 32.1. The maximum atomic E-state index is 5.73. The van der Waals surface area contributed by atoms with E-state index in [1.54, 1.807) is 17.5 Å². The van der Waals surface area contributed by atoms with Gasteiger partial charge in [0.15, 0.2) is 0 Å². The molecule has 0 saturated heterocycles. The van der Waals surface area contributed by atoms with Gasteiger partial charge in [0, 0.05) is 17.1 Å². The first-order valence-electron chi connectivity index (χ1n) is 3.83. The standard InChI is InChI=1S/C8H14N2OS/c1-8(2,9)6-11-5-7-10-3-4-12-7/h3-4H,5-6,9H2,1-2H3. The fraction of sp³-hybridized carbons (Fsp3) is 0.625. The second-order valence-corrected chi connectivity index (χ2v) is 4.39. The summed E-state index contributed by atoms with van der Waals surface area (Å²) in [6.07, 6.45) is 1.77. The van der Waals surface area contributed by atoms with Crippen molar-refractivity contribution in [1.29, 1.82) is 0 Å². The number of nitrogens with zero attached hydrogens (tertiary/aromatic N) is 1. The topological polar surface area (TPSA) is 48.1 Å². The lowest BCUT2D eigenvalue weighted by atomic mass is 10.1. The molecular formula is C8H14N2OS. The number of aromatic nitrogens is 1. The molecule has 0 aromatic carbocycles. The summed E-state index contributed by atoms with van der Waals surface area (Å²) < 4.78 is 5.37. The molecule has 1 heterocycles. The van der Waals surface area contributed by atoms with E-state index in [0.717, 1.165) is 5.01 Å². The SMILES string of the molecule is CC(C)(N)COCc1nccs1. The van der Waals surface area contributed by atoms with Crippen LogP contribution >= 0.6 is 11.3 Å². The summed E-state index contributed by atoms with van der Waals surface area (Å²) in [7, 11) is 0. The van der Waals surface area contributed by atoms with Crippen LogP contribution in [0.2, 0.25) is 0 Å². The zero-order valence-corrected chi connectivity index (χ0v) is 8.23. The van der Waals surface area contributed by atoms with Crippen LogP contribution in [0.3, 0.4) is 0 Å². The molecule has 0 amide bonds. The normalized spacial score (nSPS) is 11.9. The average Bonchev–Trinajstić information content (AvgIpc) is 2.36. The zero-order chi connectivity index (χ0) is 9.03. The van der Waals surface area contributed by atoms with Gasteiger partial charge in [-0.15, -0.1) is 11.3 Å². The maximum Gasteiger partial charge on any atom is 0.118 e. The first-order chi connectivity index (χ1) is 5.58. The highest BCUT2D eigenvalue weighted by molar-refractivity contribution is 7.09. The molecule has 1 rings (SSSR count). The third kappa shape index (κ3) is 3.80. The van der Waals surface area contributed by atoms with Crippen LogP contribution in [-0.4, -0.2) is 17.1 Å². The van der Waals surface area contributed by atoms with Crippen molar-refractivity contribution >= 4 is 11.3 Å². The van der Waals surface area contributed by atoms with Crippen molar-refractivity contribution in [3.63, 3.8) is 0 Å². The molecule has 0 aliphatic heterocycles. The van der Waals surface area contributed by atoms with Crippen molar-refractivity contribution in [3.05, 3.63) is 16.6 Å². The molecule has 0 aliphatic rings.